The third kappa shape index (κ3) is 3.13. The number of anilines is 1. The fourth-order valence-corrected chi connectivity index (χ4v) is 1.99. The predicted octanol–water partition coefficient (Wildman–Crippen LogP) is 2.91. The maximum Gasteiger partial charge on any atom is 0.338 e. The van der Waals surface area contributed by atoms with Gasteiger partial charge in [0.25, 0.3) is 5.91 Å². The predicted molar refractivity (Wildman–Crippen MR) is 81.6 cm³/mol. The molecule has 5 heteroatoms. The van der Waals surface area contributed by atoms with Gasteiger partial charge in [0, 0.05) is 11.3 Å². The van der Waals surface area contributed by atoms with E-state index in [1.165, 1.54) is 7.11 Å². The Hall–Kier alpha value is -3.13. The number of rotatable bonds is 3. The number of hydrogen-bond acceptors (Lipinski definition) is 4. The van der Waals surface area contributed by atoms with Crippen LogP contribution >= 0.6 is 0 Å². The third-order valence-corrected chi connectivity index (χ3v) is 3.26. The molecule has 0 aliphatic rings. The van der Waals surface area contributed by atoms with Crippen molar-refractivity contribution in [3.63, 3.8) is 0 Å². The minimum Gasteiger partial charge on any atom is -0.465 e. The first-order valence-electron chi connectivity index (χ1n) is 6.56. The summed E-state index contributed by atoms with van der Waals surface area (Å²) in [7, 11) is 1.31. The Morgan fingerprint density at radius 2 is 1.82 bits per heavy atom. The molecule has 0 fully saturated rings. The van der Waals surface area contributed by atoms with Crippen LogP contribution in [-0.2, 0) is 4.74 Å². The largest absolute Gasteiger partial charge is 0.465 e. The van der Waals surface area contributed by atoms with E-state index in [0.29, 0.717) is 27.9 Å². The van der Waals surface area contributed by atoms with E-state index in [1.807, 2.05) is 6.07 Å². The minimum absolute atomic E-state index is 0.311. The van der Waals surface area contributed by atoms with Gasteiger partial charge < -0.3 is 10.1 Å². The highest BCUT2D eigenvalue weighted by atomic mass is 16.5. The van der Waals surface area contributed by atoms with Gasteiger partial charge in [0.15, 0.2) is 0 Å². The van der Waals surface area contributed by atoms with Gasteiger partial charge in [-0.1, -0.05) is 6.07 Å². The number of hydrogen-bond donors (Lipinski definition) is 1. The number of carbonyl (C=O) groups excluding carboxylic acids is 2. The lowest BCUT2D eigenvalue weighted by molar-refractivity contribution is 0.0599. The SMILES string of the molecule is COC(=O)c1cccc(NC(=O)c2ccc(C#N)cc2)c1C. The normalized spacial score (nSPS) is 9.68. The number of carbonyl (C=O) groups is 2. The van der Waals surface area contributed by atoms with Gasteiger partial charge in [0.2, 0.25) is 0 Å². The molecular formula is C17H14N2O3. The summed E-state index contributed by atoms with van der Waals surface area (Å²) >= 11 is 0. The van der Waals surface area contributed by atoms with Crippen molar-refractivity contribution in [1.29, 1.82) is 5.26 Å². The highest BCUT2D eigenvalue weighted by Gasteiger charge is 2.14. The Morgan fingerprint density at radius 3 is 2.41 bits per heavy atom. The molecule has 0 saturated heterocycles. The van der Waals surface area contributed by atoms with Crippen LogP contribution in [0.15, 0.2) is 42.5 Å². The summed E-state index contributed by atoms with van der Waals surface area (Å²) < 4.78 is 4.70. The van der Waals surface area contributed by atoms with Crippen LogP contribution in [0.4, 0.5) is 5.69 Å². The molecule has 0 unspecified atom stereocenters. The van der Waals surface area contributed by atoms with Crippen LogP contribution in [0.25, 0.3) is 0 Å². The van der Waals surface area contributed by atoms with Gasteiger partial charge in [0.1, 0.15) is 0 Å². The second-order valence-electron chi connectivity index (χ2n) is 4.61. The van der Waals surface area contributed by atoms with Gasteiger partial charge in [-0.2, -0.15) is 5.26 Å². The molecule has 5 nitrogen and oxygen atoms in total. The van der Waals surface area contributed by atoms with Gasteiger partial charge in [-0.3, -0.25) is 4.79 Å². The summed E-state index contributed by atoms with van der Waals surface area (Å²) in [5, 5.41) is 11.5. The Bertz CT molecular complexity index is 758. The average molecular weight is 294 g/mol. The van der Waals surface area contributed by atoms with E-state index in [9.17, 15) is 9.59 Å². The standard InChI is InChI=1S/C17H14N2O3/c1-11-14(17(21)22-2)4-3-5-15(11)19-16(20)13-8-6-12(10-18)7-9-13/h3-9H,1-2H3,(H,19,20). The van der Waals surface area contributed by atoms with Crippen molar-refractivity contribution in [3.05, 3.63) is 64.7 Å². The molecule has 2 rings (SSSR count). The lowest BCUT2D eigenvalue weighted by atomic mass is 10.1. The average Bonchev–Trinajstić information content (AvgIpc) is 2.56. The molecule has 0 aliphatic heterocycles. The van der Waals surface area contributed by atoms with Crippen LogP contribution in [0.2, 0.25) is 0 Å². The quantitative estimate of drug-likeness (QED) is 0.883. The molecule has 2 aromatic rings. The first-order valence-corrected chi connectivity index (χ1v) is 6.56. The molecule has 110 valence electrons. The monoisotopic (exact) mass is 294 g/mol. The lowest BCUT2D eigenvalue weighted by Gasteiger charge is -2.11. The number of methoxy groups -OCH3 is 1. The Labute approximate surface area is 128 Å². The van der Waals surface area contributed by atoms with Crippen LogP contribution in [0, 0.1) is 18.3 Å². The minimum atomic E-state index is -0.452. The molecule has 1 amide bonds. The van der Waals surface area contributed by atoms with Crippen molar-refractivity contribution in [2.75, 3.05) is 12.4 Å². The molecule has 0 aliphatic carbocycles. The summed E-state index contributed by atoms with van der Waals surface area (Å²) in [6.07, 6.45) is 0. The smallest absolute Gasteiger partial charge is 0.338 e. The van der Waals surface area contributed by atoms with E-state index in [1.54, 1.807) is 49.4 Å². The van der Waals surface area contributed by atoms with Crippen LogP contribution in [0.3, 0.4) is 0 Å². The molecular weight excluding hydrogens is 280 g/mol. The lowest BCUT2D eigenvalue weighted by Crippen LogP contribution is -2.14. The van der Waals surface area contributed by atoms with E-state index >= 15 is 0 Å². The van der Waals surface area contributed by atoms with Crippen LogP contribution in [-0.4, -0.2) is 19.0 Å². The first-order chi connectivity index (χ1) is 10.6. The van der Waals surface area contributed by atoms with Crippen LogP contribution in [0.1, 0.15) is 31.8 Å². The van der Waals surface area contributed by atoms with Gasteiger partial charge in [-0.25, -0.2) is 4.79 Å². The molecule has 0 bridgehead atoms. The summed E-state index contributed by atoms with van der Waals surface area (Å²) in [6, 6.07) is 13.3. The van der Waals surface area contributed by atoms with Crippen molar-refractivity contribution in [2.24, 2.45) is 0 Å². The summed E-state index contributed by atoms with van der Waals surface area (Å²) in [5.74, 6) is -0.762. The van der Waals surface area contributed by atoms with Crippen molar-refractivity contribution in [2.45, 2.75) is 6.92 Å². The van der Waals surface area contributed by atoms with E-state index in [2.05, 4.69) is 5.32 Å². The Balaban J connectivity index is 2.25. The van der Waals surface area contributed by atoms with Crippen molar-refractivity contribution in [3.8, 4) is 6.07 Å². The molecule has 1 N–H and O–H groups in total. The van der Waals surface area contributed by atoms with E-state index in [0.717, 1.165) is 0 Å². The molecule has 0 saturated carbocycles. The molecule has 0 aromatic heterocycles. The number of esters is 1. The highest BCUT2D eigenvalue weighted by Crippen LogP contribution is 2.20. The zero-order chi connectivity index (χ0) is 16.1. The van der Waals surface area contributed by atoms with Gasteiger partial charge in [0.05, 0.1) is 24.3 Å². The number of amides is 1. The maximum absolute atomic E-state index is 12.2. The van der Waals surface area contributed by atoms with Crippen molar-refractivity contribution in [1.82, 2.24) is 0 Å². The Kier molecular flexibility index (Phi) is 4.54. The number of nitrogens with zero attached hydrogens (tertiary/aromatic N) is 1. The summed E-state index contributed by atoms with van der Waals surface area (Å²) in [4.78, 5) is 23.9. The second kappa shape index (κ2) is 6.55. The highest BCUT2D eigenvalue weighted by molar-refractivity contribution is 6.05. The molecule has 22 heavy (non-hydrogen) atoms. The fraction of sp³-hybridized carbons (Fsp3) is 0.118. The van der Waals surface area contributed by atoms with Gasteiger partial charge in [-0.05, 0) is 48.9 Å². The zero-order valence-corrected chi connectivity index (χ0v) is 12.2. The van der Waals surface area contributed by atoms with Crippen molar-refractivity contribution >= 4 is 17.6 Å². The molecule has 2 aromatic carbocycles. The zero-order valence-electron chi connectivity index (χ0n) is 12.2. The molecule has 0 atom stereocenters. The van der Waals surface area contributed by atoms with Crippen LogP contribution in [0.5, 0.6) is 0 Å². The number of benzene rings is 2. The molecule has 0 spiro atoms. The maximum atomic E-state index is 12.2. The third-order valence-electron chi connectivity index (χ3n) is 3.26. The topological polar surface area (TPSA) is 79.2 Å². The number of ether oxygens (including phenoxy) is 1. The number of nitriles is 1. The van der Waals surface area contributed by atoms with E-state index in [-0.39, 0.29) is 5.91 Å². The first kappa shape index (κ1) is 15.3. The Morgan fingerprint density at radius 1 is 1.14 bits per heavy atom. The van der Waals surface area contributed by atoms with Gasteiger partial charge >= 0.3 is 5.97 Å². The summed E-state index contributed by atoms with van der Waals surface area (Å²) in [6.45, 7) is 1.74. The van der Waals surface area contributed by atoms with Crippen LogP contribution < -0.4 is 5.32 Å². The fourth-order valence-electron chi connectivity index (χ4n) is 1.99. The number of nitrogens with one attached hydrogen (secondary N) is 1. The van der Waals surface area contributed by atoms with Crippen molar-refractivity contribution < 1.29 is 14.3 Å². The van der Waals surface area contributed by atoms with E-state index < -0.39 is 5.97 Å². The van der Waals surface area contributed by atoms with E-state index in [4.69, 9.17) is 10.00 Å². The van der Waals surface area contributed by atoms with Gasteiger partial charge in [-0.15, -0.1) is 0 Å². The summed E-state index contributed by atoms with van der Waals surface area (Å²) in [5.41, 5.74) is 2.50. The second-order valence-corrected chi connectivity index (χ2v) is 4.61. The molecule has 0 radical (unpaired) electrons. The molecule has 0 heterocycles.